The molecule has 1 amide bonds. The van der Waals surface area contributed by atoms with E-state index >= 15 is 0 Å². The second-order valence-corrected chi connectivity index (χ2v) is 8.00. The Bertz CT molecular complexity index is 1170. The van der Waals surface area contributed by atoms with Crippen LogP contribution in [0.2, 0.25) is 10.0 Å². The highest BCUT2D eigenvalue weighted by atomic mass is 35.5. The number of carbonyl (C=O) groups is 1. The number of carbonyl (C=O) groups excluding carboxylic acids is 1. The van der Waals surface area contributed by atoms with Gasteiger partial charge in [-0.25, -0.2) is 4.39 Å². The van der Waals surface area contributed by atoms with Crippen molar-refractivity contribution < 1.29 is 13.9 Å². The Morgan fingerprint density at radius 2 is 2.00 bits per heavy atom. The molecule has 9 heteroatoms. The van der Waals surface area contributed by atoms with Crippen LogP contribution in [0.3, 0.4) is 0 Å². The summed E-state index contributed by atoms with van der Waals surface area (Å²) in [5.41, 5.74) is 2.18. The molecule has 0 unspecified atom stereocenters. The lowest BCUT2D eigenvalue weighted by atomic mass is 10.1. The lowest BCUT2D eigenvalue weighted by Crippen LogP contribution is -2.13. The zero-order valence-electron chi connectivity index (χ0n) is 17.9. The number of anilines is 3. The minimum atomic E-state index is -0.517. The van der Waals surface area contributed by atoms with Crippen LogP contribution in [0.5, 0.6) is 5.75 Å². The van der Waals surface area contributed by atoms with Gasteiger partial charge in [0.1, 0.15) is 11.6 Å². The number of ether oxygens (including phenoxy) is 1. The van der Waals surface area contributed by atoms with Crippen LogP contribution in [0.15, 0.2) is 48.7 Å². The van der Waals surface area contributed by atoms with Gasteiger partial charge in [-0.1, -0.05) is 29.3 Å². The number of hydrogen-bond acceptors (Lipinski definition) is 5. The van der Waals surface area contributed by atoms with Gasteiger partial charge in [-0.2, -0.15) is 0 Å². The third-order valence-corrected chi connectivity index (χ3v) is 4.99. The van der Waals surface area contributed by atoms with Crippen LogP contribution < -0.4 is 15.4 Å². The highest BCUT2D eigenvalue weighted by molar-refractivity contribution is 6.35. The number of fused-ring (bicyclic) bond motifs is 1. The summed E-state index contributed by atoms with van der Waals surface area (Å²) in [7, 11) is 3.83. The topological polar surface area (TPSA) is 66.5 Å². The molecule has 2 N–H and O–H groups in total. The zero-order chi connectivity index (χ0) is 23.3. The van der Waals surface area contributed by atoms with Gasteiger partial charge in [0.05, 0.1) is 33.5 Å². The lowest BCUT2D eigenvalue weighted by Gasteiger charge is -2.16. The zero-order valence-corrected chi connectivity index (χ0v) is 19.4. The first kappa shape index (κ1) is 23.8. The van der Waals surface area contributed by atoms with Crippen LogP contribution in [0.25, 0.3) is 10.9 Å². The Morgan fingerprint density at radius 1 is 1.22 bits per heavy atom. The Labute approximate surface area is 196 Å². The average molecular weight is 477 g/mol. The number of benzene rings is 2. The molecule has 1 aromatic heterocycles. The van der Waals surface area contributed by atoms with E-state index in [0.29, 0.717) is 51.9 Å². The van der Waals surface area contributed by atoms with Gasteiger partial charge < -0.3 is 20.3 Å². The molecule has 0 fully saturated rings. The van der Waals surface area contributed by atoms with E-state index in [1.54, 1.807) is 24.3 Å². The summed E-state index contributed by atoms with van der Waals surface area (Å²) in [6, 6.07) is 7.76. The Hall–Kier alpha value is -2.87. The van der Waals surface area contributed by atoms with Crippen LogP contribution in [0.1, 0.15) is 6.92 Å². The van der Waals surface area contributed by atoms with Crippen LogP contribution in [-0.2, 0) is 4.79 Å². The molecule has 0 aliphatic rings. The Balaban J connectivity index is 2.02. The van der Waals surface area contributed by atoms with E-state index in [1.165, 1.54) is 24.4 Å². The molecule has 0 radical (unpaired) electrons. The first-order chi connectivity index (χ1) is 15.3. The van der Waals surface area contributed by atoms with Gasteiger partial charge in [-0.05, 0) is 45.3 Å². The third kappa shape index (κ3) is 5.88. The molecule has 2 aromatic carbocycles. The molecular formula is C23H23Cl2FN4O2. The number of likely N-dealkylation sites (N-methyl/N-ethyl adjacent to an activating group) is 1. The lowest BCUT2D eigenvalue weighted by molar-refractivity contribution is -0.111. The van der Waals surface area contributed by atoms with Crippen molar-refractivity contribution in [3.8, 4) is 5.75 Å². The van der Waals surface area contributed by atoms with Crippen molar-refractivity contribution in [3.05, 3.63) is 64.5 Å². The first-order valence-corrected chi connectivity index (χ1v) is 10.6. The quantitative estimate of drug-likeness (QED) is 0.397. The molecule has 0 saturated heterocycles. The van der Waals surface area contributed by atoms with Gasteiger partial charge >= 0.3 is 0 Å². The summed E-state index contributed by atoms with van der Waals surface area (Å²) in [6.45, 7) is 2.90. The predicted molar refractivity (Wildman–Crippen MR) is 129 cm³/mol. The number of hydrogen-bond donors (Lipinski definition) is 2. The maximum absolute atomic E-state index is 13.5. The van der Waals surface area contributed by atoms with Crippen molar-refractivity contribution in [2.24, 2.45) is 0 Å². The number of rotatable bonds is 8. The molecule has 168 valence electrons. The van der Waals surface area contributed by atoms with Crippen molar-refractivity contribution >= 4 is 57.1 Å². The molecule has 0 aliphatic carbocycles. The Morgan fingerprint density at radius 3 is 2.69 bits per heavy atom. The Kier molecular flexibility index (Phi) is 7.90. The maximum atomic E-state index is 13.5. The highest BCUT2D eigenvalue weighted by Crippen LogP contribution is 2.38. The van der Waals surface area contributed by atoms with E-state index in [1.807, 2.05) is 25.9 Å². The fraction of sp³-hybridized carbons (Fsp3) is 0.217. The molecule has 32 heavy (non-hydrogen) atoms. The molecule has 6 nitrogen and oxygen atoms in total. The highest BCUT2D eigenvalue weighted by Gasteiger charge is 2.15. The summed E-state index contributed by atoms with van der Waals surface area (Å²) < 4.78 is 19.2. The summed E-state index contributed by atoms with van der Waals surface area (Å²) in [5, 5.41) is 7.00. The van der Waals surface area contributed by atoms with Crippen molar-refractivity contribution in [2.45, 2.75) is 6.92 Å². The van der Waals surface area contributed by atoms with E-state index in [4.69, 9.17) is 27.9 Å². The molecule has 3 rings (SSSR count). The molecule has 1 heterocycles. The molecule has 0 spiro atoms. The number of aromatic nitrogens is 1. The summed E-state index contributed by atoms with van der Waals surface area (Å²) >= 11 is 12.3. The molecule has 3 aromatic rings. The first-order valence-electron chi connectivity index (χ1n) is 9.88. The fourth-order valence-electron chi connectivity index (χ4n) is 2.96. The standard InChI is InChI=1S/C23H23Cl2FN4O2/c1-4-32-21-12-19-15(11-20(21)29-22(31)6-5-9-30(2)3)23(17(25)13-27-19)28-14-7-8-18(26)16(24)10-14/h5-8,10-13H,4,9H2,1-3H3,(H,27,28)(H,29,31)/b6-5+. The van der Waals surface area contributed by atoms with Gasteiger partial charge in [0.25, 0.3) is 0 Å². The van der Waals surface area contributed by atoms with E-state index in [0.717, 1.165) is 0 Å². The van der Waals surface area contributed by atoms with Gasteiger partial charge in [-0.15, -0.1) is 0 Å². The van der Waals surface area contributed by atoms with Crippen LogP contribution in [-0.4, -0.2) is 43.0 Å². The average Bonchev–Trinajstić information content (AvgIpc) is 2.73. The summed E-state index contributed by atoms with van der Waals surface area (Å²) in [6.07, 6.45) is 4.74. The number of nitrogens with one attached hydrogen (secondary N) is 2. The molecule has 0 atom stereocenters. The SMILES string of the molecule is CCOc1cc2ncc(Cl)c(Nc3ccc(F)c(Cl)c3)c2cc1NC(=O)/C=C/CN(C)C. The summed E-state index contributed by atoms with van der Waals surface area (Å²) in [5.74, 6) is -0.321. The predicted octanol–water partition coefficient (Wildman–Crippen LogP) is 5.88. The van der Waals surface area contributed by atoms with Crippen LogP contribution in [0.4, 0.5) is 21.5 Å². The van der Waals surface area contributed by atoms with Crippen molar-refractivity contribution in [3.63, 3.8) is 0 Å². The monoisotopic (exact) mass is 476 g/mol. The summed E-state index contributed by atoms with van der Waals surface area (Å²) in [4.78, 5) is 18.7. The van der Waals surface area contributed by atoms with E-state index in [-0.39, 0.29) is 10.9 Å². The minimum absolute atomic E-state index is 0.0134. The van der Waals surface area contributed by atoms with Crippen LogP contribution in [0, 0.1) is 5.82 Å². The van der Waals surface area contributed by atoms with Crippen molar-refractivity contribution in [1.29, 1.82) is 0 Å². The molecule has 0 saturated carbocycles. The van der Waals surface area contributed by atoms with Crippen molar-refractivity contribution in [1.82, 2.24) is 9.88 Å². The smallest absolute Gasteiger partial charge is 0.248 e. The van der Waals surface area contributed by atoms with Gasteiger partial charge in [0.15, 0.2) is 0 Å². The second-order valence-electron chi connectivity index (χ2n) is 7.19. The number of amides is 1. The van der Waals surface area contributed by atoms with Gasteiger partial charge in [0.2, 0.25) is 5.91 Å². The van der Waals surface area contributed by atoms with E-state index < -0.39 is 5.82 Å². The van der Waals surface area contributed by atoms with E-state index in [2.05, 4.69) is 15.6 Å². The van der Waals surface area contributed by atoms with Crippen molar-refractivity contribution in [2.75, 3.05) is 37.9 Å². The molecule has 0 aliphatic heterocycles. The third-order valence-electron chi connectivity index (χ3n) is 4.41. The largest absolute Gasteiger partial charge is 0.492 e. The number of pyridine rings is 1. The van der Waals surface area contributed by atoms with Gasteiger partial charge in [0, 0.05) is 36.0 Å². The number of nitrogens with zero attached hydrogens (tertiary/aromatic N) is 2. The van der Waals surface area contributed by atoms with E-state index in [9.17, 15) is 9.18 Å². The fourth-order valence-corrected chi connectivity index (χ4v) is 3.34. The molecular weight excluding hydrogens is 454 g/mol. The minimum Gasteiger partial charge on any atom is -0.492 e. The van der Waals surface area contributed by atoms with Gasteiger partial charge in [-0.3, -0.25) is 9.78 Å². The maximum Gasteiger partial charge on any atom is 0.248 e. The second kappa shape index (κ2) is 10.6. The normalized spacial score (nSPS) is 11.3. The van der Waals surface area contributed by atoms with Crippen LogP contribution >= 0.6 is 23.2 Å². The number of halogens is 3. The molecule has 0 bridgehead atoms.